The smallest absolute Gasteiger partial charge is 0.251 e. The van der Waals surface area contributed by atoms with Crippen LogP contribution < -0.4 is 20.7 Å². The molecule has 0 aliphatic carbocycles. The SMILES string of the molecule is O=C(CCCOc1ccc(Cl)cc1Cl)NC(=S)Nc1cccc(C(=O)NCC2CCCO2)c1. The van der Waals surface area contributed by atoms with Crippen LogP contribution in [0.4, 0.5) is 5.69 Å². The van der Waals surface area contributed by atoms with E-state index in [9.17, 15) is 9.59 Å². The van der Waals surface area contributed by atoms with Crippen molar-refractivity contribution in [3.63, 3.8) is 0 Å². The molecule has 1 atom stereocenters. The van der Waals surface area contributed by atoms with E-state index in [2.05, 4.69) is 16.0 Å². The minimum atomic E-state index is -0.247. The third kappa shape index (κ3) is 8.47. The van der Waals surface area contributed by atoms with Gasteiger partial charge in [0.05, 0.1) is 17.7 Å². The second-order valence-corrected chi connectivity index (χ2v) is 8.71. The highest BCUT2D eigenvalue weighted by molar-refractivity contribution is 7.80. The Labute approximate surface area is 208 Å². The Balaban J connectivity index is 1.38. The van der Waals surface area contributed by atoms with Crippen LogP contribution in [0, 0.1) is 0 Å². The van der Waals surface area contributed by atoms with Gasteiger partial charge in [-0.1, -0.05) is 29.3 Å². The fourth-order valence-electron chi connectivity index (χ4n) is 3.21. The highest BCUT2D eigenvalue weighted by Gasteiger charge is 2.17. The van der Waals surface area contributed by atoms with Crippen molar-refractivity contribution in [1.82, 2.24) is 10.6 Å². The summed E-state index contributed by atoms with van der Waals surface area (Å²) in [4.78, 5) is 24.5. The van der Waals surface area contributed by atoms with Crippen LogP contribution in [0.3, 0.4) is 0 Å². The molecular formula is C23H25Cl2N3O4S. The van der Waals surface area contributed by atoms with Gasteiger partial charge in [-0.25, -0.2) is 0 Å². The molecule has 1 fully saturated rings. The highest BCUT2D eigenvalue weighted by atomic mass is 35.5. The molecule has 176 valence electrons. The van der Waals surface area contributed by atoms with Crippen LogP contribution in [0.25, 0.3) is 0 Å². The van der Waals surface area contributed by atoms with Crippen LogP contribution in [0.2, 0.25) is 10.0 Å². The van der Waals surface area contributed by atoms with Crippen molar-refractivity contribution in [3.8, 4) is 5.75 Å². The number of carbonyl (C=O) groups excluding carboxylic acids is 2. The van der Waals surface area contributed by atoms with E-state index < -0.39 is 0 Å². The fourth-order valence-corrected chi connectivity index (χ4v) is 3.91. The van der Waals surface area contributed by atoms with Crippen LogP contribution in [0.1, 0.15) is 36.0 Å². The van der Waals surface area contributed by atoms with E-state index in [-0.39, 0.29) is 29.5 Å². The maximum Gasteiger partial charge on any atom is 0.251 e. The van der Waals surface area contributed by atoms with Gasteiger partial charge in [0, 0.05) is 35.8 Å². The van der Waals surface area contributed by atoms with Gasteiger partial charge >= 0.3 is 0 Å². The standard InChI is InChI=1S/C23H25Cl2N3O4S/c24-16-8-9-20(19(25)13-16)32-11-3-7-21(29)28-23(33)27-17-5-1-4-15(12-17)22(30)26-14-18-6-2-10-31-18/h1,4-5,8-9,12-13,18H,2-3,6-7,10-11,14H2,(H,26,30)(H2,27,28,29,33). The molecule has 10 heteroatoms. The zero-order chi connectivity index (χ0) is 23.6. The summed E-state index contributed by atoms with van der Waals surface area (Å²) in [6.45, 7) is 1.55. The summed E-state index contributed by atoms with van der Waals surface area (Å²) in [7, 11) is 0. The topological polar surface area (TPSA) is 88.7 Å². The van der Waals surface area contributed by atoms with Crippen LogP contribution in [-0.4, -0.2) is 42.8 Å². The van der Waals surface area contributed by atoms with Crippen LogP contribution in [0.5, 0.6) is 5.75 Å². The molecule has 7 nitrogen and oxygen atoms in total. The molecule has 33 heavy (non-hydrogen) atoms. The Bertz CT molecular complexity index is 999. The Morgan fingerprint density at radius 1 is 1.18 bits per heavy atom. The van der Waals surface area contributed by atoms with Gasteiger partial charge in [0.15, 0.2) is 5.11 Å². The number of nitrogens with one attached hydrogen (secondary N) is 3. The summed E-state index contributed by atoms with van der Waals surface area (Å²) < 4.78 is 11.1. The number of amides is 2. The summed E-state index contributed by atoms with van der Waals surface area (Å²) in [6, 6.07) is 11.9. The molecule has 1 heterocycles. The minimum Gasteiger partial charge on any atom is -0.492 e. The summed E-state index contributed by atoms with van der Waals surface area (Å²) in [6.07, 6.45) is 2.75. The van der Waals surface area contributed by atoms with E-state index in [0.29, 0.717) is 46.6 Å². The molecule has 1 aliphatic heterocycles. The molecule has 2 aromatic rings. The van der Waals surface area contributed by atoms with Gasteiger partial charge in [-0.05, 0) is 67.9 Å². The molecule has 0 aromatic heterocycles. The quantitative estimate of drug-likeness (QED) is 0.338. The number of anilines is 1. The Kier molecular flexibility index (Phi) is 9.75. The monoisotopic (exact) mass is 509 g/mol. The molecule has 3 N–H and O–H groups in total. The maximum atomic E-state index is 12.4. The number of carbonyl (C=O) groups is 2. The Hall–Kier alpha value is -2.39. The lowest BCUT2D eigenvalue weighted by Gasteiger charge is -2.13. The lowest BCUT2D eigenvalue weighted by Crippen LogP contribution is -2.34. The molecule has 0 radical (unpaired) electrons. The number of halogens is 2. The van der Waals surface area contributed by atoms with Crippen molar-refractivity contribution < 1.29 is 19.1 Å². The summed E-state index contributed by atoms with van der Waals surface area (Å²) in [5, 5.41) is 9.52. The molecule has 0 spiro atoms. The van der Waals surface area contributed by atoms with E-state index in [1.54, 1.807) is 42.5 Å². The zero-order valence-corrected chi connectivity index (χ0v) is 20.2. The molecule has 0 saturated carbocycles. The molecule has 0 bridgehead atoms. The summed E-state index contributed by atoms with van der Waals surface area (Å²) >= 11 is 17.1. The van der Waals surface area contributed by atoms with Gasteiger partial charge in [-0.15, -0.1) is 0 Å². The number of hydrogen-bond donors (Lipinski definition) is 3. The zero-order valence-electron chi connectivity index (χ0n) is 17.9. The number of thiocarbonyl (C=S) groups is 1. The maximum absolute atomic E-state index is 12.4. The summed E-state index contributed by atoms with van der Waals surface area (Å²) in [5.41, 5.74) is 1.09. The van der Waals surface area contributed by atoms with Crippen molar-refractivity contribution in [1.29, 1.82) is 0 Å². The fraction of sp³-hybridized carbons (Fsp3) is 0.348. The molecule has 3 rings (SSSR count). The lowest BCUT2D eigenvalue weighted by atomic mass is 10.1. The number of benzene rings is 2. The van der Waals surface area contributed by atoms with Gasteiger partial charge in [-0.2, -0.15) is 0 Å². The van der Waals surface area contributed by atoms with Crippen molar-refractivity contribution >= 4 is 58.0 Å². The van der Waals surface area contributed by atoms with Gasteiger partial charge in [-0.3, -0.25) is 9.59 Å². The van der Waals surface area contributed by atoms with E-state index in [1.807, 2.05) is 0 Å². The van der Waals surface area contributed by atoms with Gasteiger partial charge < -0.3 is 25.4 Å². The first-order valence-corrected chi connectivity index (χ1v) is 11.8. The van der Waals surface area contributed by atoms with Crippen molar-refractivity contribution in [2.75, 3.05) is 25.1 Å². The summed E-state index contributed by atoms with van der Waals surface area (Å²) in [5.74, 6) is 0.0759. The third-order valence-corrected chi connectivity index (χ3v) is 5.58. The average Bonchev–Trinajstić information content (AvgIpc) is 3.30. The first-order chi connectivity index (χ1) is 15.9. The third-order valence-electron chi connectivity index (χ3n) is 4.85. The van der Waals surface area contributed by atoms with Crippen LogP contribution in [0.15, 0.2) is 42.5 Å². The van der Waals surface area contributed by atoms with Gasteiger partial charge in [0.25, 0.3) is 5.91 Å². The minimum absolute atomic E-state index is 0.0756. The predicted molar refractivity (Wildman–Crippen MR) is 133 cm³/mol. The Morgan fingerprint density at radius 2 is 2.03 bits per heavy atom. The largest absolute Gasteiger partial charge is 0.492 e. The first-order valence-electron chi connectivity index (χ1n) is 10.6. The van der Waals surface area contributed by atoms with Gasteiger partial charge in [0.2, 0.25) is 5.91 Å². The first kappa shape index (κ1) is 25.2. The average molecular weight is 510 g/mol. The second-order valence-electron chi connectivity index (χ2n) is 7.45. The van der Waals surface area contributed by atoms with Crippen molar-refractivity contribution in [3.05, 3.63) is 58.1 Å². The van der Waals surface area contributed by atoms with E-state index >= 15 is 0 Å². The van der Waals surface area contributed by atoms with E-state index in [0.717, 1.165) is 19.4 Å². The lowest BCUT2D eigenvalue weighted by molar-refractivity contribution is -0.119. The van der Waals surface area contributed by atoms with E-state index in [4.69, 9.17) is 44.9 Å². The normalized spacial score (nSPS) is 15.0. The molecule has 1 aliphatic rings. The predicted octanol–water partition coefficient (Wildman–Crippen LogP) is 4.57. The van der Waals surface area contributed by atoms with Crippen molar-refractivity contribution in [2.45, 2.75) is 31.8 Å². The van der Waals surface area contributed by atoms with Gasteiger partial charge in [0.1, 0.15) is 5.75 Å². The Morgan fingerprint density at radius 3 is 2.79 bits per heavy atom. The molecular weight excluding hydrogens is 485 g/mol. The second kappa shape index (κ2) is 12.7. The molecule has 2 amide bonds. The number of rotatable bonds is 9. The number of ether oxygens (including phenoxy) is 2. The van der Waals surface area contributed by atoms with E-state index in [1.165, 1.54) is 0 Å². The molecule has 1 saturated heterocycles. The molecule has 1 unspecified atom stereocenters. The molecule has 2 aromatic carbocycles. The highest BCUT2D eigenvalue weighted by Crippen LogP contribution is 2.27. The van der Waals surface area contributed by atoms with Crippen LogP contribution >= 0.6 is 35.4 Å². The number of hydrogen-bond acceptors (Lipinski definition) is 5. The van der Waals surface area contributed by atoms with Crippen molar-refractivity contribution in [2.24, 2.45) is 0 Å². The van der Waals surface area contributed by atoms with Crippen LogP contribution in [-0.2, 0) is 9.53 Å².